The van der Waals surface area contributed by atoms with Gasteiger partial charge in [0.15, 0.2) is 0 Å². The van der Waals surface area contributed by atoms with Gasteiger partial charge in [0.1, 0.15) is 16.8 Å². The van der Waals surface area contributed by atoms with Crippen molar-refractivity contribution in [2.24, 2.45) is 0 Å². The first kappa shape index (κ1) is 26.8. The molecule has 3 aromatic rings. The van der Waals surface area contributed by atoms with Gasteiger partial charge in [0.05, 0.1) is 22.3 Å². The third kappa shape index (κ3) is 6.08. The molecule has 0 amide bonds. The molecule has 0 bridgehead atoms. The van der Waals surface area contributed by atoms with Gasteiger partial charge in [-0.25, -0.2) is 18.1 Å². The summed E-state index contributed by atoms with van der Waals surface area (Å²) in [5.74, 6) is 0.688. The predicted molar refractivity (Wildman–Crippen MR) is 151 cm³/mol. The Bertz CT molecular complexity index is 1440. The average molecular weight is 552 g/mol. The van der Waals surface area contributed by atoms with Crippen LogP contribution in [-0.4, -0.2) is 62.9 Å². The zero-order chi connectivity index (χ0) is 26.7. The second-order valence-electron chi connectivity index (χ2n) is 10.0. The minimum absolute atomic E-state index is 0.0138. The number of nitriles is 1. The summed E-state index contributed by atoms with van der Waals surface area (Å²) in [4.78, 5) is 7.87. The highest BCUT2D eigenvalue weighted by molar-refractivity contribution is 7.89. The summed E-state index contributed by atoms with van der Waals surface area (Å²) >= 11 is 1.57. The van der Waals surface area contributed by atoms with Crippen molar-refractivity contribution in [3.63, 3.8) is 0 Å². The molecule has 0 spiro atoms. The van der Waals surface area contributed by atoms with E-state index < -0.39 is 10.0 Å². The molecule has 2 aliphatic rings. The van der Waals surface area contributed by atoms with Crippen molar-refractivity contribution in [3.8, 4) is 32.8 Å². The molecule has 1 fully saturated rings. The first-order valence-corrected chi connectivity index (χ1v) is 15.5. The van der Waals surface area contributed by atoms with Crippen molar-refractivity contribution in [2.45, 2.75) is 38.8 Å². The number of ether oxygens (including phenoxy) is 1. The number of hydrogen-bond donors (Lipinski definition) is 2. The second kappa shape index (κ2) is 11.5. The average Bonchev–Trinajstić information content (AvgIpc) is 3.56. The first-order valence-electron chi connectivity index (χ1n) is 13.0. The van der Waals surface area contributed by atoms with Gasteiger partial charge in [0.25, 0.3) is 0 Å². The zero-order valence-electron chi connectivity index (χ0n) is 21.7. The number of nitrogens with one attached hydrogen (secondary N) is 2. The monoisotopic (exact) mass is 551 g/mol. The summed E-state index contributed by atoms with van der Waals surface area (Å²) < 4.78 is 34.5. The van der Waals surface area contributed by atoms with Crippen molar-refractivity contribution in [2.75, 3.05) is 38.5 Å². The zero-order valence-corrected chi connectivity index (χ0v) is 23.4. The molecule has 1 aliphatic heterocycles. The van der Waals surface area contributed by atoms with E-state index in [0.29, 0.717) is 17.9 Å². The van der Waals surface area contributed by atoms with E-state index in [1.54, 1.807) is 11.3 Å². The fourth-order valence-corrected chi connectivity index (χ4v) is 7.37. The Morgan fingerprint density at radius 1 is 1.26 bits per heavy atom. The Kier molecular flexibility index (Phi) is 8.12. The molecule has 38 heavy (non-hydrogen) atoms. The van der Waals surface area contributed by atoms with E-state index in [4.69, 9.17) is 4.74 Å². The number of hydrogen-bond acceptors (Lipinski definition) is 8. The van der Waals surface area contributed by atoms with Crippen LogP contribution in [0.15, 0.2) is 42.6 Å². The molecule has 2 aromatic carbocycles. The summed E-state index contributed by atoms with van der Waals surface area (Å²) in [7, 11) is -3.39. The Balaban J connectivity index is 1.32. The minimum atomic E-state index is -3.39. The van der Waals surface area contributed by atoms with E-state index in [0.717, 1.165) is 65.6 Å². The van der Waals surface area contributed by atoms with Crippen LogP contribution in [0.3, 0.4) is 0 Å². The summed E-state index contributed by atoms with van der Waals surface area (Å²) in [5, 5.41) is 13.7. The number of piperazine rings is 1. The molecule has 5 rings (SSSR count). The molecule has 1 unspecified atom stereocenters. The smallest absolute Gasteiger partial charge is 0.213 e. The van der Waals surface area contributed by atoms with E-state index in [-0.39, 0.29) is 17.9 Å². The number of fused-ring (bicyclic) bond motifs is 1. The molecule has 200 valence electrons. The maximum absolute atomic E-state index is 12.9. The largest absolute Gasteiger partial charge is 0.490 e. The van der Waals surface area contributed by atoms with Crippen molar-refractivity contribution in [1.82, 2.24) is 19.9 Å². The molecule has 0 radical (unpaired) electrons. The van der Waals surface area contributed by atoms with Gasteiger partial charge in [-0.2, -0.15) is 5.26 Å². The number of benzene rings is 2. The Morgan fingerprint density at radius 2 is 2.08 bits per heavy atom. The Morgan fingerprint density at radius 3 is 2.84 bits per heavy atom. The Labute approximate surface area is 228 Å². The topological polar surface area (TPSA) is 107 Å². The quantitative estimate of drug-likeness (QED) is 0.415. The van der Waals surface area contributed by atoms with E-state index >= 15 is 0 Å². The number of rotatable bonds is 9. The fraction of sp³-hybridized carbons (Fsp3) is 0.429. The summed E-state index contributed by atoms with van der Waals surface area (Å²) in [6, 6.07) is 13.7. The van der Waals surface area contributed by atoms with Crippen LogP contribution >= 0.6 is 11.3 Å². The standard InChI is InChI=1S/C28H33N5O3S2/c1-19(2)36-26-9-6-20(16-21(26)17-29)28-31-18-27(37-28)24-5-3-4-23-22(24)7-8-25(23)32-38(34,35)15-14-33-12-10-30-11-13-33/h3-6,9,16,18-19,25,30,32H,7-8,10-15H2,1-2H3. The van der Waals surface area contributed by atoms with Crippen molar-refractivity contribution >= 4 is 21.4 Å². The van der Waals surface area contributed by atoms with Crippen LogP contribution in [0.25, 0.3) is 21.0 Å². The highest BCUT2D eigenvalue weighted by Crippen LogP contribution is 2.41. The summed E-state index contributed by atoms with van der Waals surface area (Å²) in [5.41, 5.74) is 4.67. The third-order valence-electron chi connectivity index (χ3n) is 6.96. The number of nitrogens with zero attached hydrogens (tertiary/aromatic N) is 3. The van der Waals surface area contributed by atoms with Gasteiger partial charge >= 0.3 is 0 Å². The molecular weight excluding hydrogens is 518 g/mol. The lowest BCUT2D eigenvalue weighted by Gasteiger charge is -2.27. The molecule has 2 heterocycles. The third-order valence-corrected chi connectivity index (χ3v) is 9.40. The van der Waals surface area contributed by atoms with Crippen LogP contribution in [0.5, 0.6) is 5.75 Å². The van der Waals surface area contributed by atoms with Crippen LogP contribution in [-0.2, 0) is 16.4 Å². The van der Waals surface area contributed by atoms with E-state index in [9.17, 15) is 13.7 Å². The molecule has 1 aromatic heterocycles. The molecule has 8 nitrogen and oxygen atoms in total. The number of sulfonamides is 1. The van der Waals surface area contributed by atoms with Crippen molar-refractivity contribution in [1.29, 1.82) is 5.26 Å². The van der Waals surface area contributed by atoms with Gasteiger partial charge in [0.2, 0.25) is 10.0 Å². The molecule has 0 saturated carbocycles. The molecule has 2 N–H and O–H groups in total. The second-order valence-corrected chi connectivity index (χ2v) is 12.9. The molecule has 1 atom stereocenters. The SMILES string of the molecule is CC(C)Oc1ccc(-c2ncc(-c3cccc4c3CCC4NS(=O)(=O)CCN3CCNCC3)s2)cc1C#N. The minimum Gasteiger partial charge on any atom is -0.490 e. The van der Waals surface area contributed by atoms with E-state index in [1.807, 2.05) is 50.4 Å². The van der Waals surface area contributed by atoms with Crippen LogP contribution < -0.4 is 14.8 Å². The van der Waals surface area contributed by atoms with Crippen LogP contribution in [0.1, 0.15) is 43.0 Å². The van der Waals surface area contributed by atoms with Crippen LogP contribution in [0.2, 0.25) is 0 Å². The molecular formula is C28H33N5O3S2. The van der Waals surface area contributed by atoms with Gasteiger partial charge in [-0.05, 0) is 61.6 Å². The predicted octanol–water partition coefficient (Wildman–Crippen LogP) is 3.95. The van der Waals surface area contributed by atoms with E-state index in [1.165, 1.54) is 5.56 Å². The van der Waals surface area contributed by atoms with Gasteiger partial charge in [-0.3, -0.25) is 4.90 Å². The molecule has 1 aliphatic carbocycles. The summed E-state index contributed by atoms with van der Waals surface area (Å²) in [6.07, 6.45) is 3.41. The van der Waals surface area contributed by atoms with Gasteiger partial charge < -0.3 is 10.1 Å². The van der Waals surface area contributed by atoms with Crippen molar-refractivity contribution < 1.29 is 13.2 Å². The maximum Gasteiger partial charge on any atom is 0.213 e. The lowest BCUT2D eigenvalue weighted by molar-refractivity contribution is 0.242. The molecule has 10 heteroatoms. The normalized spacial score (nSPS) is 17.9. The number of aromatic nitrogens is 1. The summed E-state index contributed by atoms with van der Waals surface area (Å²) in [6.45, 7) is 8.00. The fourth-order valence-electron chi connectivity index (χ4n) is 5.11. The number of thiazole rings is 1. The van der Waals surface area contributed by atoms with Crippen molar-refractivity contribution in [3.05, 3.63) is 59.3 Å². The highest BCUT2D eigenvalue weighted by atomic mass is 32.2. The van der Waals surface area contributed by atoms with E-state index in [2.05, 4.69) is 32.1 Å². The Hall–Kier alpha value is -2.81. The van der Waals surface area contributed by atoms with Crippen LogP contribution in [0.4, 0.5) is 0 Å². The van der Waals surface area contributed by atoms with Gasteiger partial charge in [0, 0.05) is 50.5 Å². The molecule has 1 saturated heterocycles. The maximum atomic E-state index is 12.9. The lowest BCUT2D eigenvalue weighted by atomic mass is 10.0. The van der Waals surface area contributed by atoms with Gasteiger partial charge in [-0.15, -0.1) is 11.3 Å². The highest BCUT2D eigenvalue weighted by Gasteiger charge is 2.29. The lowest BCUT2D eigenvalue weighted by Crippen LogP contribution is -2.46. The van der Waals surface area contributed by atoms with Gasteiger partial charge in [-0.1, -0.05) is 18.2 Å². The first-order chi connectivity index (χ1) is 18.3. The van der Waals surface area contributed by atoms with Crippen LogP contribution in [0, 0.1) is 11.3 Å².